The number of carbonyl (C=O) groups is 1. The van der Waals surface area contributed by atoms with Crippen molar-refractivity contribution in [2.45, 2.75) is 57.2 Å². The first-order valence-corrected chi connectivity index (χ1v) is 12.9. The first-order valence-electron chi connectivity index (χ1n) is 9.99. The monoisotopic (exact) mass is 400 g/mol. The molecule has 4 atom stereocenters. The molecule has 0 radical (unpaired) electrons. The van der Waals surface area contributed by atoms with Gasteiger partial charge in [-0.1, -0.05) is 13.8 Å². The van der Waals surface area contributed by atoms with Gasteiger partial charge in [0.1, 0.15) is 5.78 Å². The van der Waals surface area contributed by atoms with Crippen molar-refractivity contribution < 1.29 is 13.2 Å². The van der Waals surface area contributed by atoms with E-state index in [4.69, 9.17) is 0 Å². The molecule has 0 aromatic heterocycles. The van der Waals surface area contributed by atoms with E-state index in [1.54, 1.807) is 16.1 Å². The second-order valence-electron chi connectivity index (χ2n) is 9.32. The molecule has 2 aliphatic heterocycles. The van der Waals surface area contributed by atoms with Crippen molar-refractivity contribution in [2.75, 3.05) is 38.2 Å². The van der Waals surface area contributed by atoms with E-state index in [9.17, 15) is 13.2 Å². The molecule has 0 N–H and O–H groups in total. The highest BCUT2D eigenvalue weighted by Crippen LogP contribution is 2.64. The lowest BCUT2D eigenvalue weighted by Gasteiger charge is -2.37. The SMILES string of the molecule is CS[C@@H]1CN(S(=O)(=O)C[C@@]23CC[C@@H](CC2=O)C3(C)C)C[C@H]1N1CCCC1. The summed E-state index contributed by atoms with van der Waals surface area (Å²) in [5.74, 6) is 0.579. The predicted octanol–water partition coefficient (Wildman–Crippen LogP) is 2.22. The number of likely N-dealkylation sites (tertiary alicyclic amines) is 1. The van der Waals surface area contributed by atoms with Gasteiger partial charge in [-0.3, -0.25) is 9.69 Å². The topological polar surface area (TPSA) is 57.7 Å². The Hall–Kier alpha value is -0.110. The van der Waals surface area contributed by atoms with Gasteiger partial charge in [0.25, 0.3) is 0 Å². The van der Waals surface area contributed by atoms with Crippen LogP contribution in [0.4, 0.5) is 0 Å². The molecule has 0 unspecified atom stereocenters. The zero-order valence-corrected chi connectivity index (χ0v) is 17.9. The van der Waals surface area contributed by atoms with Crippen LogP contribution in [0.25, 0.3) is 0 Å². The van der Waals surface area contributed by atoms with Crippen LogP contribution in [0.1, 0.15) is 46.0 Å². The molecule has 2 bridgehead atoms. The smallest absolute Gasteiger partial charge is 0.215 e. The molecule has 0 spiro atoms. The standard InChI is InChI=1S/C19H32N2O3S2/c1-18(2)14-6-7-19(18,17(22)10-14)13-26(23,24)21-11-15(16(12-21)25-3)20-8-4-5-9-20/h14-16H,4-13H2,1-3H3/t14-,15+,16+,19-/m0/s1. The second-order valence-corrected chi connectivity index (χ2v) is 12.4. The fourth-order valence-corrected chi connectivity index (χ4v) is 9.36. The molecule has 7 heteroatoms. The Kier molecular flexibility index (Phi) is 4.78. The van der Waals surface area contributed by atoms with Gasteiger partial charge in [-0.2, -0.15) is 16.1 Å². The number of sulfonamides is 1. The lowest BCUT2D eigenvalue weighted by atomic mass is 9.70. The summed E-state index contributed by atoms with van der Waals surface area (Å²) in [6.45, 7) is 7.61. The lowest BCUT2D eigenvalue weighted by molar-refractivity contribution is -0.128. The van der Waals surface area contributed by atoms with Crippen LogP contribution in [0, 0.1) is 16.7 Å². The largest absolute Gasteiger partial charge is 0.299 e. The number of rotatable bonds is 5. The Morgan fingerprint density at radius 1 is 1.19 bits per heavy atom. The first-order chi connectivity index (χ1) is 12.2. The summed E-state index contributed by atoms with van der Waals surface area (Å²) in [7, 11) is -3.42. The summed E-state index contributed by atoms with van der Waals surface area (Å²) in [6, 6.07) is 0.323. The van der Waals surface area contributed by atoms with Crippen LogP contribution in [-0.2, 0) is 14.8 Å². The van der Waals surface area contributed by atoms with E-state index in [2.05, 4.69) is 25.0 Å². The number of hydrogen-bond donors (Lipinski definition) is 0. The summed E-state index contributed by atoms with van der Waals surface area (Å²) in [6.07, 6.45) is 6.85. The third kappa shape index (κ3) is 2.72. The zero-order chi connectivity index (χ0) is 18.7. The van der Waals surface area contributed by atoms with Crippen LogP contribution in [0.5, 0.6) is 0 Å². The van der Waals surface area contributed by atoms with Crippen molar-refractivity contribution in [2.24, 2.45) is 16.7 Å². The van der Waals surface area contributed by atoms with Gasteiger partial charge in [0, 0.05) is 36.2 Å². The first kappa shape index (κ1) is 19.2. The Morgan fingerprint density at radius 2 is 1.88 bits per heavy atom. The van der Waals surface area contributed by atoms with Crippen LogP contribution < -0.4 is 0 Å². The number of nitrogens with zero attached hydrogens (tertiary/aromatic N) is 2. The van der Waals surface area contributed by atoms with Crippen molar-refractivity contribution in [3.05, 3.63) is 0 Å². The van der Waals surface area contributed by atoms with Crippen molar-refractivity contribution in [3.8, 4) is 0 Å². The normalized spacial score (nSPS) is 40.7. The highest BCUT2D eigenvalue weighted by Gasteiger charge is 2.65. The predicted molar refractivity (Wildman–Crippen MR) is 106 cm³/mol. The number of ketones is 1. The molecule has 4 aliphatic rings. The molecule has 26 heavy (non-hydrogen) atoms. The Bertz CT molecular complexity index is 687. The number of carbonyl (C=O) groups excluding carboxylic acids is 1. The highest BCUT2D eigenvalue weighted by molar-refractivity contribution is 7.99. The van der Waals surface area contributed by atoms with Gasteiger partial charge in [0.05, 0.1) is 5.75 Å². The summed E-state index contributed by atoms with van der Waals surface area (Å²) in [5.41, 5.74) is -0.846. The van der Waals surface area contributed by atoms with Gasteiger partial charge in [-0.25, -0.2) is 8.42 Å². The van der Waals surface area contributed by atoms with Gasteiger partial charge in [0.2, 0.25) is 10.0 Å². The molecule has 2 heterocycles. The minimum Gasteiger partial charge on any atom is -0.299 e. The molecule has 4 fully saturated rings. The lowest BCUT2D eigenvalue weighted by Crippen LogP contribution is -2.46. The number of hydrogen-bond acceptors (Lipinski definition) is 5. The maximum absolute atomic E-state index is 13.4. The Morgan fingerprint density at radius 3 is 2.42 bits per heavy atom. The van der Waals surface area contributed by atoms with E-state index in [-0.39, 0.29) is 17.0 Å². The number of thioether (sulfide) groups is 1. The third-order valence-corrected chi connectivity index (χ3v) is 11.1. The zero-order valence-electron chi connectivity index (χ0n) is 16.2. The Labute approximate surface area is 162 Å². The van der Waals surface area contributed by atoms with Crippen LogP contribution in [0.2, 0.25) is 0 Å². The fourth-order valence-electron chi connectivity index (χ4n) is 6.12. The molecule has 5 nitrogen and oxygen atoms in total. The maximum Gasteiger partial charge on any atom is 0.215 e. The van der Waals surface area contributed by atoms with Gasteiger partial charge in [-0.05, 0) is 56.4 Å². The molecule has 0 aromatic carbocycles. The van der Waals surface area contributed by atoms with Gasteiger partial charge >= 0.3 is 0 Å². The molecule has 2 saturated carbocycles. The number of Topliss-reactive ketones (excluding diaryl/α,β-unsaturated/α-hetero) is 1. The summed E-state index contributed by atoms with van der Waals surface area (Å²) in [4.78, 5) is 15.2. The van der Waals surface area contributed by atoms with E-state index in [1.165, 1.54) is 12.8 Å². The average Bonchev–Trinajstić information content (AvgIpc) is 3.31. The summed E-state index contributed by atoms with van der Waals surface area (Å²) in [5, 5.41) is 0.337. The Balaban J connectivity index is 1.55. The van der Waals surface area contributed by atoms with Crippen LogP contribution in [-0.4, -0.2) is 72.9 Å². The van der Waals surface area contributed by atoms with E-state index in [1.807, 2.05) is 0 Å². The van der Waals surface area contributed by atoms with Gasteiger partial charge < -0.3 is 0 Å². The molecular formula is C19H32N2O3S2. The summed E-state index contributed by atoms with van der Waals surface area (Å²) >= 11 is 1.79. The maximum atomic E-state index is 13.4. The highest BCUT2D eigenvalue weighted by atomic mass is 32.2. The van der Waals surface area contributed by atoms with E-state index >= 15 is 0 Å². The number of fused-ring (bicyclic) bond motifs is 2. The van der Waals surface area contributed by atoms with Crippen molar-refractivity contribution in [1.82, 2.24) is 9.21 Å². The molecule has 2 saturated heterocycles. The fraction of sp³-hybridized carbons (Fsp3) is 0.947. The van der Waals surface area contributed by atoms with E-state index in [0.717, 1.165) is 25.9 Å². The second kappa shape index (κ2) is 6.46. The van der Waals surface area contributed by atoms with Crippen LogP contribution in [0.15, 0.2) is 0 Å². The van der Waals surface area contributed by atoms with Gasteiger partial charge in [0.15, 0.2) is 0 Å². The molecule has 148 valence electrons. The third-order valence-electron chi connectivity index (χ3n) is 8.08. The summed E-state index contributed by atoms with van der Waals surface area (Å²) < 4.78 is 28.5. The molecule has 2 aliphatic carbocycles. The molecule has 0 aromatic rings. The van der Waals surface area contributed by atoms with Crippen molar-refractivity contribution >= 4 is 27.6 Å². The van der Waals surface area contributed by atoms with Crippen LogP contribution in [0.3, 0.4) is 0 Å². The van der Waals surface area contributed by atoms with E-state index in [0.29, 0.717) is 36.7 Å². The minimum absolute atomic E-state index is 0.0240. The molecule has 0 amide bonds. The quantitative estimate of drug-likeness (QED) is 0.708. The van der Waals surface area contributed by atoms with E-state index < -0.39 is 15.4 Å². The average molecular weight is 401 g/mol. The van der Waals surface area contributed by atoms with Gasteiger partial charge in [-0.15, -0.1) is 0 Å². The van der Waals surface area contributed by atoms with Crippen LogP contribution >= 0.6 is 11.8 Å². The van der Waals surface area contributed by atoms with Crippen molar-refractivity contribution in [3.63, 3.8) is 0 Å². The molecule has 4 rings (SSSR count). The molecular weight excluding hydrogens is 368 g/mol. The van der Waals surface area contributed by atoms with Crippen molar-refractivity contribution in [1.29, 1.82) is 0 Å². The minimum atomic E-state index is -3.42.